The van der Waals surface area contributed by atoms with Crippen LogP contribution in [0, 0.1) is 11.8 Å². The molecule has 0 heterocycles. The Morgan fingerprint density at radius 1 is 1.29 bits per heavy atom. The van der Waals surface area contributed by atoms with Crippen LogP contribution in [0.5, 0.6) is 0 Å². The third-order valence-corrected chi connectivity index (χ3v) is 3.74. The van der Waals surface area contributed by atoms with Gasteiger partial charge in [-0.1, -0.05) is 26.7 Å². The summed E-state index contributed by atoms with van der Waals surface area (Å²) < 4.78 is 0. The van der Waals surface area contributed by atoms with Crippen molar-refractivity contribution in [3.8, 4) is 0 Å². The Bertz CT molecular complexity index is 230. The van der Waals surface area contributed by atoms with E-state index in [9.17, 15) is 9.90 Å². The van der Waals surface area contributed by atoms with Crippen LogP contribution in [0.2, 0.25) is 0 Å². The fourth-order valence-electron chi connectivity index (χ4n) is 2.73. The number of amides is 1. The summed E-state index contributed by atoms with van der Waals surface area (Å²) in [6.07, 6.45) is 5.77. The second-order valence-electron chi connectivity index (χ2n) is 5.48. The molecule has 0 spiro atoms. The van der Waals surface area contributed by atoms with E-state index in [0.717, 1.165) is 45.1 Å². The maximum Gasteiger partial charge on any atom is 0.225 e. The van der Waals surface area contributed by atoms with Crippen LogP contribution < -0.4 is 0 Å². The third kappa shape index (κ3) is 4.30. The van der Waals surface area contributed by atoms with Crippen LogP contribution in [0.15, 0.2) is 0 Å². The molecular formula is C14H27NO2. The van der Waals surface area contributed by atoms with Gasteiger partial charge in [0.1, 0.15) is 0 Å². The first kappa shape index (κ1) is 14.5. The van der Waals surface area contributed by atoms with Crippen molar-refractivity contribution < 1.29 is 9.90 Å². The van der Waals surface area contributed by atoms with E-state index >= 15 is 0 Å². The summed E-state index contributed by atoms with van der Waals surface area (Å²) in [7, 11) is 1.91. The number of aliphatic hydroxyl groups excluding tert-OH is 1. The van der Waals surface area contributed by atoms with E-state index in [1.165, 1.54) is 0 Å². The lowest BCUT2D eigenvalue weighted by Gasteiger charge is -2.35. The van der Waals surface area contributed by atoms with Gasteiger partial charge in [0.25, 0.3) is 0 Å². The molecule has 1 amide bonds. The summed E-state index contributed by atoms with van der Waals surface area (Å²) in [6.45, 7) is 5.09. The average Bonchev–Trinajstić information content (AvgIpc) is 2.25. The van der Waals surface area contributed by atoms with Gasteiger partial charge >= 0.3 is 0 Å². The minimum Gasteiger partial charge on any atom is -0.393 e. The van der Waals surface area contributed by atoms with Crippen LogP contribution in [0.25, 0.3) is 0 Å². The number of nitrogens with zero attached hydrogens (tertiary/aromatic N) is 1. The Hall–Kier alpha value is -0.570. The average molecular weight is 241 g/mol. The van der Waals surface area contributed by atoms with Crippen molar-refractivity contribution in [1.82, 2.24) is 4.90 Å². The van der Waals surface area contributed by atoms with E-state index in [1.54, 1.807) is 0 Å². The Kier molecular flexibility index (Phi) is 5.96. The smallest absolute Gasteiger partial charge is 0.225 e. The summed E-state index contributed by atoms with van der Waals surface area (Å²) in [5.74, 6) is 1.03. The summed E-state index contributed by atoms with van der Waals surface area (Å²) in [6, 6.07) is 0. The van der Waals surface area contributed by atoms with E-state index in [2.05, 4.69) is 13.8 Å². The highest BCUT2D eigenvalue weighted by Gasteiger charge is 2.30. The van der Waals surface area contributed by atoms with Gasteiger partial charge in [-0.3, -0.25) is 4.79 Å². The normalized spacial score (nSPS) is 23.6. The van der Waals surface area contributed by atoms with E-state index in [0.29, 0.717) is 11.8 Å². The quantitative estimate of drug-likeness (QED) is 0.743. The van der Waals surface area contributed by atoms with Crippen molar-refractivity contribution in [3.05, 3.63) is 0 Å². The predicted molar refractivity (Wildman–Crippen MR) is 69.7 cm³/mol. The minimum absolute atomic E-state index is 0.120. The molecule has 1 aliphatic carbocycles. The number of hydrogen-bond acceptors (Lipinski definition) is 2. The van der Waals surface area contributed by atoms with Crippen molar-refractivity contribution in [2.45, 2.75) is 58.5 Å². The SMILES string of the molecule is CCCC(CCC)C(=O)N(C)CC1CC(O)C1. The Morgan fingerprint density at radius 2 is 1.82 bits per heavy atom. The number of aliphatic hydroxyl groups is 1. The van der Waals surface area contributed by atoms with Crippen LogP contribution in [0.4, 0.5) is 0 Å². The van der Waals surface area contributed by atoms with E-state index in [1.807, 2.05) is 11.9 Å². The van der Waals surface area contributed by atoms with Gasteiger partial charge in [0.2, 0.25) is 5.91 Å². The molecule has 0 unspecified atom stereocenters. The van der Waals surface area contributed by atoms with Crippen molar-refractivity contribution in [1.29, 1.82) is 0 Å². The lowest BCUT2D eigenvalue weighted by atomic mass is 9.82. The molecule has 1 N–H and O–H groups in total. The number of carbonyl (C=O) groups excluding carboxylic acids is 1. The molecule has 0 aromatic heterocycles. The number of rotatable bonds is 7. The molecule has 100 valence electrons. The zero-order chi connectivity index (χ0) is 12.8. The molecule has 0 atom stereocenters. The van der Waals surface area contributed by atoms with Crippen molar-refractivity contribution in [2.24, 2.45) is 11.8 Å². The summed E-state index contributed by atoms with van der Waals surface area (Å²) in [4.78, 5) is 14.1. The van der Waals surface area contributed by atoms with E-state index < -0.39 is 0 Å². The van der Waals surface area contributed by atoms with Gasteiger partial charge in [-0.05, 0) is 31.6 Å². The molecule has 1 saturated carbocycles. The van der Waals surface area contributed by atoms with Crippen LogP contribution in [-0.2, 0) is 4.79 Å². The molecule has 3 heteroatoms. The van der Waals surface area contributed by atoms with Crippen LogP contribution >= 0.6 is 0 Å². The fraction of sp³-hybridized carbons (Fsp3) is 0.929. The van der Waals surface area contributed by atoms with Gasteiger partial charge in [-0.15, -0.1) is 0 Å². The van der Waals surface area contributed by atoms with E-state index in [-0.39, 0.29) is 12.0 Å². The highest BCUT2D eigenvalue weighted by atomic mass is 16.3. The van der Waals surface area contributed by atoms with E-state index in [4.69, 9.17) is 0 Å². The predicted octanol–water partition coefficient (Wildman–Crippen LogP) is 2.43. The topological polar surface area (TPSA) is 40.5 Å². The number of carbonyl (C=O) groups is 1. The zero-order valence-electron chi connectivity index (χ0n) is 11.5. The Labute approximate surface area is 105 Å². The van der Waals surface area contributed by atoms with Crippen molar-refractivity contribution in [2.75, 3.05) is 13.6 Å². The molecule has 0 bridgehead atoms. The van der Waals surface area contributed by atoms with Gasteiger partial charge in [0, 0.05) is 19.5 Å². The maximum atomic E-state index is 12.2. The standard InChI is InChI=1S/C14H27NO2/c1-4-6-12(7-5-2)14(17)15(3)10-11-8-13(16)9-11/h11-13,16H,4-10H2,1-3H3. The van der Waals surface area contributed by atoms with Gasteiger partial charge in [-0.2, -0.15) is 0 Å². The molecule has 3 nitrogen and oxygen atoms in total. The summed E-state index contributed by atoms with van der Waals surface area (Å²) in [5.41, 5.74) is 0. The fourth-order valence-corrected chi connectivity index (χ4v) is 2.73. The first-order chi connectivity index (χ1) is 8.08. The first-order valence-electron chi connectivity index (χ1n) is 7.01. The summed E-state index contributed by atoms with van der Waals surface area (Å²) >= 11 is 0. The molecule has 1 rings (SSSR count). The third-order valence-electron chi connectivity index (χ3n) is 3.74. The molecule has 17 heavy (non-hydrogen) atoms. The van der Waals surface area contributed by atoms with Gasteiger partial charge in [0.15, 0.2) is 0 Å². The van der Waals surface area contributed by atoms with Crippen molar-refractivity contribution >= 4 is 5.91 Å². The van der Waals surface area contributed by atoms with Crippen molar-refractivity contribution in [3.63, 3.8) is 0 Å². The first-order valence-corrected chi connectivity index (χ1v) is 7.01. The molecule has 0 aromatic carbocycles. The molecule has 0 aromatic rings. The lowest BCUT2D eigenvalue weighted by molar-refractivity contribution is -0.136. The van der Waals surface area contributed by atoms with Gasteiger partial charge < -0.3 is 10.0 Å². The highest BCUT2D eigenvalue weighted by molar-refractivity contribution is 5.78. The molecule has 0 radical (unpaired) electrons. The number of hydrogen-bond donors (Lipinski definition) is 1. The molecular weight excluding hydrogens is 214 g/mol. The van der Waals surface area contributed by atoms with Crippen LogP contribution in [0.1, 0.15) is 52.4 Å². The van der Waals surface area contributed by atoms with Crippen LogP contribution in [-0.4, -0.2) is 35.6 Å². The molecule has 0 aliphatic heterocycles. The molecule has 0 saturated heterocycles. The highest BCUT2D eigenvalue weighted by Crippen LogP contribution is 2.28. The Balaban J connectivity index is 2.36. The minimum atomic E-state index is -0.120. The Morgan fingerprint density at radius 3 is 2.24 bits per heavy atom. The second kappa shape index (κ2) is 7.00. The van der Waals surface area contributed by atoms with Crippen LogP contribution in [0.3, 0.4) is 0 Å². The largest absolute Gasteiger partial charge is 0.393 e. The summed E-state index contributed by atoms with van der Waals surface area (Å²) in [5, 5.41) is 9.24. The molecule has 1 fully saturated rings. The maximum absolute atomic E-state index is 12.2. The lowest BCUT2D eigenvalue weighted by Crippen LogP contribution is -2.41. The monoisotopic (exact) mass is 241 g/mol. The zero-order valence-corrected chi connectivity index (χ0v) is 11.5. The molecule has 1 aliphatic rings. The second-order valence-corrected chi connectivity index (χ2v) is 5.48. The van der Waals surface area contributed by atoms with Gasteiger partial charge in [-0.25, -0.2) is 0 Å². The van der Waals surface area contributed by atoms with Gasteiger partial charge in [0.05, 0.1) is 6.10 Å².